The molecule has 128 valence electrons. The fourth-order valence-corrected chi connectivity index (χ4v) is 4.09. The van der Waals surface area contributed by atoms with E-state index in [4.69, 9.17) is 0 Å². The Morgan fingerprint density at radius 2 is 2.17 bits per heavy atom. The molecule has 0 aromatic carbocycles. The van der Waals surface area contributed by atoms with Crippen molar-refractivity contribution in [2.24, 2.45) is 0 Å². The van der Waals surface area contributed by atoms with E-state index in [2.05, 4.69) is 10.3 Å². The fourth-order valence-electron chi connectivity index (χ4n) is 3.34. The first-order valence-electron chi connectivity index (χ1n) is 8.12. The van der Waals surface area contributed by atoms with Crippen molar-refractivity contribution in [3.8, 4) is 5.13 Å². The summed E-state index contributed by atoms with van der Waals surface area (Å²) < 4.78 is 2.02. The lowest BCUT2D eigenvalue weighted by Gasteiger charge is -2.33. The standard InChI is InChI=1S/C17H22N4O2S/c1-11-9-15(12(2)21(11)17-18-6-8-24-17)16(23)20-7-4-5-14(10-20)19-13(3)22/h6,8-9,14H,4-5,7,10H2,1-3H3,(H,19,22). The lowest BCUT2D eigenvalue weighted by molar-refractivity contribution is -0.120. The number of nitrogens with one attached hydrogen (secondary N) is 1. The van der Waals surface area contributed by atoms with Gasteiger partial charge < -0.3 is 10.2 Å². The van der Waals surface area contributed by atoms with Crippen LogP contribution in [0.1, 0.15) is 41.5 Å². The molecule has 1 N–H and O–H groups in total. The fraction of sp³-hybridized carbons (Fsp3) is 0.471. The zero-order valence-electron chi connectivity index (χ0n) is 14.2. The molecule has 1 aliphatic heterocycles. The highest BCUT2D eigenvalue weighted by Crippen LogP contribution is 2.24. The van der Waals surface area contributed by atoms with Crippen molar-refractivity contribution in [2.75, 3.05) is 13.1 Å². The molecule has 24 heavy (non-hydrogen) atoms. The van der Waals surface area contributed by atoms with Crippen LogP contribution in [-0.4, -0.2) is 45.4 Å². The smallest absolute Gasteiger partial charge is 0.255 e. The van der Waals surface area contributed by atoms with Crippen LogP contribution in [-0.2, 0) is 4.79 Å². The number of likely N-dealkylation sites (tertiary alicyclic amines) is 1. The average Bonchev–Trinajstić information content (AvgIpc) is 3.14. The van der Waals surface area contributed by atoms with Gasteiger partial charge in [0.2, 0.25) is 5.91 Å². The molecule has 1 fully saturated rings. The molecule has 1 saturated heterocycles. The van der Waals surface area contributed by atoms with E-state index in [-0.39, 0.29) is 17.9 Å². The SMILES string of the molecule is CC(=O)NC1CCCN(C(=O)c2cc(C)n(-c3nccs3)c2C)C1. The highest BCUT2D eigenvalue weighted by molar-refractivity contribution is 7.12. The Labute approximate surface area is 145 Å². The summed E-state index contributed by atoms with van der Waals surface area (Å²) in [5, 5.41) is 5.73. The van der Waals surface area contributed by atoms with Crippen molar-refractivity contribution >= 4 is 23.2 Å². The van der Waals surface area contributed by atoms with Crippen molar-refractivity contribution in [2.45, 2.75) is 39.7 Å². The van der Waals surface area contributed by atoms with Crippen molar-refractivity contribution in [3.63, 3.8) is 0 Å². The third kappa shape index (κ3) is 3.21. The van der Waals surface area contributed by atoms with E-state index in [0.717, 1.165) is 35.9 Å². The van der Waals surface area contributed by atoms with Crippen molar-refractivity contribution in [1.82, 2.24) is 19.8 Å². The number of carbonyl (C=O) groups excluding carboxylic acids is 2. The van der Waals surface area contributed by atoms with Crippen molar-refractivity contribution in [3.05, 3.63) is 34.6 Å². The summed E-state index contributed by atoms with van der Waals surface area (Å²) in [6.45, 7) is 6.76. The summed E-state index contributed by atoms with van der Waals surface area (Å²) in [7, 11) is 0. The third-order valence-electron chi connectivity index (χ3n) is 4.39. The molecule has 0 aliphatic carbocycles. The molecule has 2 amide bonds. The minimum Gasteiger partial charge on any atom is -0.352 e. The Morgan fingerprint density at radius 3 is 2.83 bits per heavy atom. The summed E-state index contributed by atoms with van der Waals surface area (Å²) in [5.41, 5.74) is 2.63. The number of aromatic nitrogens is 2. The first-order chi connectivity index (χ1) is 11.5. The topological polar surface area (TPSA) is 67.2 Å². The predicted molar refractivity (Wildman–Crippen MR) is 93.7 cm³/mol. The Hall–Kier alpha value is -2.15. The number of amides is 2. The second kappa shape index (κ2) is 6.76. The first-order valence-corrected chi connectivity index (χ1v) is 9.00. The first kappa shape index (κ1) is 16.7. The van der Waals surface area contributed by atoms with Crippen molar-refractivity contribution < 1.29 is 9.59 Å². The van der Waals surface area contributed by atoms with E-state index in [1.54, 1.807) is 17.5 Å². The summed E-state index contributed by atoms with van der Waals surface area (Å²) in [6.07, 6.45) is 3.59. The number of carbonyl (C=O) groups is 2. The van der Waals surface area contributed by atoms with Crippen molar-refractivity contribution in [1.29, 1.82) is 0 Å². The Kier molecular flexibility index (Phi) is 4.71. The maximum absolute atomic E-state index is 13.0. The molecule has 0 saturated carbocycles. The molecule has 7 heteroatoms. The van der Waals surface area contributed by atoms with Gasteiger partial charge in [0.15, 0.2) is 5.13 Å². The van der Waals surface area contributed by atoms with Gasteiger partial charge in [-0.15, -0.1) is 11.3 Å². The van der Waals surface area contributed by atoms with Gasteiger partial charge in [0, 0.05) is 49.0 Å². The average molecular weight is 346 g/mol. The number of hydrogen-bond donors (Lipinski definition) is 1. The van der Waals surface area contributed by atoms with Crippen LogP contribution in [0, 0.1) is 13.8 Å². The second-order valence-electron chi connectivity index (χ2n) is 6.23. The number of nitrogens with zero attached hydrogens (tertiary/aromatic N) is 3. The zero-order valence-corrected chi connectivity index (χ0v) is 15.0. The zero-order chi connectivity index (χ0) is 17.3. The molecule has 6 nitrogen and oxygen atoms in total. The van der Waals surface area contributed by atoms with Gasteiger partial charge in [-0.1, -0.05) is 0 Å². The summed E-state index contributed by atoms with van der Waals surface area (Å²) in [5.74, 6) is -0.0165. The monoisotopic (exact) mass is 346 g/mol. The molecule has 1 aliphatic rings. The Bertz CT molecular complexity index is 751. The maximum atomic E-state index is 13.0. The van der Waals surface area contributed by atoms with Gasteiger partial charge >= 0.3 is 0 Å². The van der Waals surface area contributed by atoms with E-state index in [0.29, 0.717) is 12.1 Å². The number of aryl methyl sites for hydroxylation is 1. The van der Waals surface area contributed by atoms with Crippen LogP contribution in [0.5, 0.6) is 0 Å². The molecule has 0 bridgehead atoms. The molecule has 0 radical (unpaired) electrons. The Morgan fingerprint density at radius 1 is 1.38 bits per heavy atom. The lowest BCUT2D eigenvalue weighted by atomic mass is 10.0. The maximum Gasteiger partial charge on any atom is 0.255 e. The van der Waals surface area contributed by atoms with Gasteiger partial charge in [0.25, 0.3) is 5.91 Å². The molecular formula is C17H22N4O2S. The minimum atomic E-state index is -0.0451. The van der Waals surface area contributed by atoms with E-state index >= 15 is 0 Å². The molecule has 1 unspecified atom stereocenters. The molecule has 3 rings (SSSR count). The minimum absolute atomic E-state index is 0.0287. The second-order valence-corrected chi connectivity index (χ2v) is 7.10. The highest BCUT2D eigenvalue weighted by Gasteiger charge is 2.27. The normalized spacial score (nSPS) is 17.8. The van der Waals surface area contributed by atoms with E-state index < -0.39 is 0 Å². The summed E-state index contributed by atoms with van der Waals surface area (Å²) >= 11 is 1.55. The number of thiazole rings is 1. The number of rotatable bonds is 3. The quantitative estimate of drug-likeness (QED) is 0.927. The Balaban J connectivity index is 1.83. The van der Waals surface area contributed by atoms with E-state index in [1.165, 1.54) is 6.92 Å². The van der Waals surface area contributed by atoms with E-state index in [1.807, 2.05) is 34.8 Å². The van der Waals surface area contributed by atoms with Crippen LogP contribution in [0.25, 0.3) is 5.13 Å². The van der Waals surface area contributed by atoms with Gasteiger partial charge in [0.05, 0.1) is 5.56 Å². The van der Waals surface area contributed by atoms with Gasteiger partial charge in [-0.2, -0.15) is 0 Å². The molecular weight excluding hydrogens is 324 g/mol. The lowest BCUT2D eigenvalue weighted by Crippen LogP contribution is -2.49. The van der Waals surface area contributed by atoms with Gasteiger partial charge in [-0.3, -0.25) is 14.2 Å². The van der Waals surface area contributed by atoms with Crippen LogP contribution in [0.4, 0.5) is 0 Å². The van der Waals surface area contributed by atoms with Gasteiger partial charge in [-0.05, 0) is 32.8 Å². The molecule has 1 atom stereocenters. The highest BCUT2D eigenvalue weighted by atomic mass is 32.1. The van der Waals surface area contributed by atoms with Crippen LogP contribution < -0.4 is 5.32 Å². The third-order valence-corrected chi connectivity index (χ3v) is 5.14. The molecule has 2 aromatic rings. The number of piperidine rings is 1. The van der Waals surface area contributed by atoms with Crippen LogP contribution in [0.15, 0.2) is 17.6 Å². The number of hydrogen-bond acceptors (Lipinski definition) is 4. The summed E-state index contributed by atoms with van der Waals surface area (Å²) in [6, 6.07) is 1.98. The van der Waals surface area contributed by atoms with Gasteiger partial charge in [0.1, 0.15) is 0 Å². The van der Waals surface area contributed by atoms with E-state index in [9.17, 15) is 9.59 Å². The van der Waals surface area contributed by atoms with Crippen LogP contribution >= 0.6 is 11.3 Å². The molecule has 0 spiro atoms. The van der Waals surface area contributed by atoms with Crippen LogP contribution in [0.2, 0.25) is 0 Å². The summed E-state index contributed by atoms with van der Waals surface area (Å²) in [4.78, 5) is 30.4. The molecule has 2 aromatic heterocycles. The largest absolute Gasteiger partial charge is 0.352 e. The van der Waals surface area contributed by atoms with Crippen LogP contribution in [0.3, 0.4) is 0 Å². The molecule has 3 heterocycles. The predicted octanol–water partition coefficient (Wildman–Crippen LogP) is 2.29. The van der Waals surface area contributed by atoms with Gasteiger partial charge in [-0.25, -0.2) is 4.98 Å².